The summed E-state index contributed by atoms with van der Waals surface area (Å²) in [6.07, 6.45) is 0. The first kappa shape index (κ1) is 18.5. The van der Waals surface area contributed by atoms with Gasteiger partial charge in [0, 0.05) is 5.02 Å². The van der Waals surface area contributed by atoms with Gasteiger partial charge in [-0.1, -0.05) is 40.9 Å². The molecule has 0 bridgehead atoms. The Morgan fingerprint density at radius 3 is 2.17 bits per heavy atom. The fraction of sp³-hybridized carbons (Fsp3) is 0.188. The van der Waals surface area contributed by atoms with Crippen LogP contribution in [-0.2, 0) is 0 Å². The van der Waals surface area contributed by atoms with Crippen LogP contribution < -0.4 is 14.2 Å². The van der Waals surface area contributed by atoms with Crippen molar-refractivity contribution in [2.75, 3.05) is 20.3 Å². The first-order chi connectivity index (χ1) is 11.4. The van der Waals surface area contributed by atoms with E-state index in [0.717, 1.165) is 0 Å². The van der Waals surface area contributed by atoms with E-state index >= 15 is 0 Å². The normalized spacial score (nSPS) is 10.3. The minimum absolute atomic E-state index is 0.00286. The maximum absolute atomic E-state index is 11.3. The van der Waals surface area contributed by atoms with Gasteiger partial charge in [0.15, 0.2) is 17.2 Å². The molecule has 128 valence electrons. The molecule has 8 heteroatoms. The third kappa shape index (κ3) is 4.38. The summed E-state index contributed by atoms with van der Waals surface area (Å²) in [6.45, 7) is 0.161. The highest BCUT2D eigenvalue weighted by Gasteiger charge is 2.16. The second kappa shape index (κ2) is 8.33. The van der Waals surface area contributed by atoms with Crippen LogP contribution in [0, 0.1) is 0 Å². The lowest BCUT2D eigenvalue weighted by molar-refractivity contribution is 0.0690. The van der Waals surface area contributed by atoms with E-state index in [1.54, 1.807) is 12.1 Å². The number of methoxy groups -OCH3 is 1. The topological polar surface area (TPSA) is 65.0 Å². The van der Waals surface area contributed by atoms with Gasteiger partial charge in [0.1, 0.15) is 18.8 Å². The first-order valence-electron chi connectivity index (χ1n) is 6.74. The number of carboxylic acids is 1. The highest BCUT2D eigenvalue weighted by atomic mass is 35.5. The number of hydrogen-bond donors (Lipinski definition) is 1. The van der Waals surface area contributed by atoms with Crippen LogP contribution in [0.1, 0.15) is 10.4 Å². The van der Waals surface area contributed by atoms with Crippen LogP contribution >= 0.6 is 34.8 Å². The molecular formula is C16H13Cl3O5. The minimum atomic E-state index is -1.12. The molecule has 0 aliphatic heterocycles. The smallest absolute Gasteiger partial charge is 0.339 e. The lowest BCUT2D eigenvalue weighted by atomic mass is 10.2. The van der Waals surface area contributed by atoms with Gasteiger partial charge in [-0.05, 0) is 24.3 Å². The lowest BCUT2D eigenvalue weighted by Crippen LogP contribution is -2.12. The Labute approximate surface area is 153 Å². The first-order valence-corrected chi connectivity index (χ1v) is 7.88. The molecule has 0 radical (unpaired) electrons. The van der Waals surface area contributed by atoms with Gasteiger partial charge >= 0.3 is 5.97 Å². The molecule has 5 nitrogen and oxygen atoms in total. The maximum Gasteiger partial charge on any atom is 0.339 e. The Hall–Kier alpha value is -1.82. The van der Waals surface area contributed by atoms with Gasteiger partial charge in [-0.25, -0.2) is 4.79 Å². The summed E-state index contributed by atoms with van der Waals surface area (Å²) >= 11 is 17.9. The number of para-hydroxylation sites is 1. The molecule has 2 aromatic rings. The molecule has 24 heavy (non-hydrogen) atoms. The molecule has 0 unspecified atom stereocenters. The summed E-state index contributed by atoms with van der Waals surface area (Å²) in [5, 5.41) is 10.1. The van der Waals surface area contributed by atoms with Crippen LogP contribution in [0.25, 0.3) is 0 Å². The van der Waals surface area contributed by atoms with Crippen LogP contribution in [0.15, 0.2) is 30.3 Å². The summed E-state index contributed by atoms with van der Waals surface area (Å²) in [6, 6.07) is 7.62. The van der Waals surface area contributed by atoms with E-state index in [-0.39, 0.29) is 40.3 Å². The van der Waals surface area contributed by atoms with Gasteiger partial charge in [-0.15, -0.1) is 0 Å². The molecule has 2 rings (SSSR count). The van der Waals surface area contributed by atoms with Crippen molar-refractivity contribution in [1.82, 2.24) is 0 Å². The van der Waals surface area contributed by atoms with Crippen molar-refractivity contribution in [3.63, 3.8) is 0 Å². The van der Waals surface area contributed by atoms with E-state index in [0.29, 0.717) is 10.8 Å². The zero-order valence-electron chi connectivity index (χ0n) is 12.5. The Balaban J connectivity index is 2.04. The van der Waals surface area contributed by atoms with Gasteiger partial charge in [0.2, 0.25) is 0 Å². The van der Waals surface area contributed by atoms with Gasteiger partial charge in [0.05, 0.1) is 17.2 Å². The molecular weight excluding hydrogens is 379 g/mol. The van der Waals surface area contributed by atoms with Gasteiger partial charge in [-0.2, -0.15) is 0 Å². The summed E-state index contributed by atoms with van der Waals surface area (Å²) in [5.41, 5.74) is -0.00286. The number of carboxylic acid groups (broad SMARTS) is 1. The highest BCUT2D eigenvalue weighted by Crippen LogP contribution is 2.36. The van der Waals surface area contributed by atoms with Crippen molar-refractivity contribution in [2.45, 2.75) is 0 Å². The van der Waals surface area contributed by atoms with E-state index in [1.807, 2.05) is 0 Å². The average molecular weight is 392 g/mol. The number of halogens is 3. The van der Waals surface area contributed by atoms with Crippen LogP contribution in [0.3, 0.4) is 0 Å². The van der Waals surface area contributed by atoms with E-state index < -0.39 is 5.97 Å². The van der Waals surface area contributed by atoms with Crippen molar-refractivity contribution >= 4 is 40.8 Å². The summed E-state index contributed by atoms with van der Waals surface area (Å²) < 4.78 is 16.1. The van der Waals surface area contributed by atoms with Crippen LogP contribution in [0.2, 0.25) is 15.1 Å². The number of ether oxygens (including phenoxy) is 3. The molecule has 0 atom stereocenters. The summed E-state index contributed by atoms with van der Waals surface area (Å²) in [5.74, 6) is -0.389. The van der Waals surface area contributed by atoms with Crippen molar-refractivity contribution in [1.29, 1.82) is 0 Å². The van der Waals surface area contributed by atoms with Gasteiger partial charge in [-0.3, -0.25) is 0 Å². The Morgan fingerprint density at radius 2 is 1.62 bits per heavy atom. The number of benzene rings is 2. The molecule has 0 saturated carbocycles. The molecule has 0 fully saturated rings. The SMILES string of the molecule is COc1cccc(C(=O)O)c1OCCOc1c(Cl)cc(Cl)cc1Cl. The Bertz CT molecular complexity index is 725. The van der Waals surface area contributed by atoms with E-state index in [1.165, 1.54) is 25.3 Å². The van der Waals surface area contributed by atoms with E-state index in [9.17, 15) is 9.90 Å². The quantitative estimate of drug-likeness (QED) is 0.686. The van der Waals surface area contributed by atoms with Gasteiger partial charge < -0.3 is 19.3 Å². The average Bonchev–Trinajstić information content (AvgIpc) is 2.52. The summed E-state index contributed by atoms with van der Waals surface area (Å²) in [4.78, 5) is 11.3. The number of aromatic carboxylic acids is 1. The number of rotatable bonds is 7. The van der Waals surface area contributed by atoms with Crippen molar-refractivity contribution < 1.29 is 24.1 Å². The largest absolute Gasteiger partial charge is 0.493 e. The molecule has 0 amide bonds. The van der Waals surface area contributed by atoms with E-state index in [4.69, 9.17) is 49.0 Å². The molecule has 2 aromatic carbocycles. The fourth-order valence-electron chi connectivity index (χ4n) is 1.95. The second-order valence-corrected chi connectivity index (χ2v) is 5.79. The van der Waals surface area contributed by atoms with Crippen LogP contribution in [0.4, 0.5) is 0 Å². The molecule has 0 aromatic heterocycles. The molecule has 0 aliphatic carbocycles. The summed E-state index contributed by atoms with van der Waals surface area (Å²) in [7, 11) is 1.43. The van der Waals surface area contributed by atoms with Crippen LogP contribution in [0.5, 0.6) is 17.2 Å². The molecule has 0 heterocycles. The van der Waals surface area contributed by atoms with Gasteiger partial charge in [0.25, 0.3) is 0 Å². The Morgan fingerprint density at radius 1 is 1.04 bits per heavy atom. The number of hydrogen-bond acceptors (Lipinski definition) is 4. The van der Waals surface area contributed by atoms with Crippen molar-refractivity contribution in [3.8, 4) is 17.2 Å². The number of carbonyl (C=O) groups is 1. The zero-order chi connectivity index (χ0) is 17.7. The second-order valence-electron chi connectivity index (χ2n) is 4.54. The molecule has 1 N–H and O–H groups in total. The third-order valence-electron chi connectivity index (χ3n) is 2.97. The fourth-order valence-corrected chi connectivity index (χ4v) is 2.87. The minimum Gasteiger partial charge on any atom is -0.493 e. The molecule has 0 saturated heterocycles. The predicted molar refractivity (Wildman–Crippen MR) is 92.4 cm³/mol. The highest BCUT2D eigenvalue weighted by molar-refractivity contribution is 6.40. The third-order valence-corrected chi connectivity index (χ3v) is 3.75. The lowest BCUT2D eigenvalue weighted by Gasteiger charge is -2.14. The molecule has 0 aliphatic rings. The Kier molecular flexibility index (Phi) is 6.43. The monoisotopic (exact) mass is 390 g/mol. The van der Waals surface area contributed by atoms with Crippen molar-refractivity contribution in [3.05, 3.63) is 51.0 Å². The standard InChI is InChI=1S/C16H13Cl3O5/c1-22-13-4-2-3-10(16(20)21)14(13)23-5-6-24-15-11(18)7-9(17)8-12(15)19/h2-4,7-8H,5-6H2,1H3,(H,20,21). The van der Waals surface area contributed by atoms with E-state index in [2.05, 4.69) is 0 Å². The zero-order valence-corrected chi connectivity index (χ0v) is 14.8. The maximum atomic E-state index is 11.3. The van der Waals surface area contributed by atoms with Crippen LogP contribution in [-0.4, -0.2) is 31.4 Å². The predicted octanol–water partition coefficient (Wildman–Crippen LogP) is 4.81. The molecule has 0 spiro atoms. The van der Waals surface area contributed by atoms with Crippen molar-refractivity contribution in [2.24, 2.45) is 0 Å².